The van der Waals surface area contributed by atoms with Crippen molar-refractivity contribution in [1.82, 2.24) is 14.9 Å². The van der Waals surface area contributed by atoms with E-state index in [0.717, 1.165) is 27.5 Å². The van der Waals surface area contributed by atoms with Crippen LogP contribution in [0.5, 0.6) is 28.7 Å². The number of halogens is 1. The zero-order valence-electron chi connectivity index (χ0n) is 28.3. The minimum absolute atomic E-state index is 0.00278. The summed E-state index contributed by atoms with van der Waals surface area (Å²) >= 11 is 0. The van der Waals surface area contributed by atoms with E-state index in [-0.39, 0.29) is 56.6 Å². The predicted octanol–water partition coefficient (Wildman–Crippen LogP) is 2.94. The molecule has 1 aliphatic carbocycles. The fourth-order valence-electron chi connectivity index (χ4n) is 7.30. The zero-order chi connectivity index (χ0) is 36.5. The predicted molar refractivity (Wildman–Crippen MR) is 180 cm³/mol. The van der Waals surface area contributed by atoms with Crippen molar-refractivity contribution in [2.75, 3.05) is 34.2 Å². The molecular weight excluding hydrogens is 681 g/mol. The lowest BCUT2D eigenvalue weighted by Gasteiger charge is -2.40. The highest BCUT2D eigenvalue weighted by molar-refractivity contribution is 5.80. The van der Waals surface area contributed by atoms with Crippen LogP contribution in [-0.4, -0.2) is 66.9 Å². The number of carbonyl (C=O) groups excluding carboxylic acids is 2. The summed E-state index contributed by atoms with van der Waals surface area (Å²) in [7, 11) is 2.85. The number of rotatable bonds is 12. The van der Waals surface area contributed by atoms with E-state index in [4.69, 9.17) is 28.4 Å². The summed E-state index contributed by atoms with van der Waals surface area (Å²) in [5.41, 5.74) is 1.09. The third-order valence-electron chi connectivity index (χ3n) is 9.75. The molecule has 15 heteroatoms. The number of cyclic esters (lactones) is 1. The molecule has 0 bridgehead atoms. The number of aromatic nitrogens is 2. The smallest absolute Gasteiger partial charge is 0.328 e. The molecular formula is C37H36FN3O11. The highest BCUT2D eigenvalue weighted by atomic mass is 19.1. The number of nitrogens with one attached hydrogen (secondary N) is 2. The van der Waals surface area contributed by atoms with Gasteiger partial charge in [0, 0.05) is 24.4 Å². The number of carbonyl (C=O) groups is 2. The van der Waals surface area contributed by atoms with E-state index >= 15 is 0 Å². The molecule has 0 radical (unpaired) electrons. The van der Waals surface area contributed by atoms with Crippen LogP contribution in [0.1, 0.15) is 40.6 Å². The zero-order valence-corrected chi connectivity index (χ0v) is 28.3. The summed E-state index contributed by atoms with van der Waals surface area (Å²) in [6.45, 7) is -0.0244. The minimum atomic E-state index is -1.11. The number of hydrogen-bond donors (Lipinski definition) is 3. The van der Waals surface area contributed by atoms with Crippen molar-refractivity contribution in [2.24, 2.45) is 11.8 Å². The quantitative estimate of drug-likeness (QED) is 0.145. The molecule has 0 unspecified atom stereocenters. The second-order valence-electron chi connectivity index (χ2n) is 12.7. The molecule has 1 saturated heterocycles. The van der Waals surface area contributed by atoms with Gasteiger partial charge < -0.3 is 33.5 Å². The molecule has 3 aromatic carbocycles. The summed E-state index contributed by atoms with van der Waals surface area (Å²) in [6.07, 6.45) is 1.22. The van der Waals surface area contributed by atoms with Gasteiger partial charge in [0.25, 0.3) is 5.56 Å². The molecule has 4 aromatic rings. The van der Waals surface area contributed by atoms with E-state index in [1.165, 1.54) is 14.2 Å². The maximum Gasteiger partial charge on any atom is 0.328 e. The molecule has 0 spiro atoms. The Morgan fingerprint density at radius 1 is 1.02 bits per heavy atom. The topological polar surface area (TPSA) is 177 Å². The maximum atomic E-state index is 13.9. The third kappa shape index (κ3) is 6.54. The number of hydrogen-bond acceptors (Lipinski definition) is 12. The van der Waals surface area contributed by atoms with Crippen LogP contribution in [-0.2, 0) is 32.0 Å². The van der Waals surface area contributed by atoms with Crippen LogP contribution < -0.4 is 35.5 Å². The molecule has 52 heavy (non-hydrogen) atoms. The van der Waals surface area contributed by atoms with Crippen LogP contribution in [0, 0.1) is 17.7 Å². The lowest BCUT2D eigenvalue weighted by molar-refractivity contribution is -0.146. The first-order valence-corrected chi connectivity index (χ1v) is 16.7. The highest BCUT2D eigenvalue weighted by Crippen LogP contribution is 2.55. The van der Waals surface area contributed by atoms with E-state index in [0.29, 0.717) is 17.1 Å². The number of aromatic hydroxyl groups is 1. The third-order valence-corrected chi connectivity index (χ3v) is 9.75. The summed E-state index contributed by atoms with van der Waals surface area (Å²) < 4.78 is 48.6. The van der Waals surface area contributed by atoms with Gasteiger partial charge in [-0.1, -0.05) is 30.3 Å². The second kappa shape index (κ2) is 14.4. The van der Waals surface area contributed by atoms with Crippen molar-refractivity contribution in [3.8, 4) is 28.7 Å². The van der Waals surface area contributed by atoms with Gasteiger partial charge in [-0.05, 0) is 59.4 Å². The first-order chi connectivity index (χ1) is 25.2. The number of benzene rings is 3. The number of H-pyrrole nitrogens is 1. The number of fused-ring (bicyclic) bond motifs is 3. The van der Waals surface area contributed by atoms with Gasteiger partial charge in [-0.25, -0.2) is 4.79 Å². The van der Waals surface area contributed by atoms with Gasteiger partial charge in [0.1, 0.15) is 6.04 Å². The molecule has 0 amide bonds. The average Bonchev–Trinajstić information content (AvgIpc) is 3.77. The Morgan fingerprint density at radius 2 is 1.71 bits per heavy atom. The highest BCUT2D eigenvalue weighted by Gasteiger charge is 2.53. The normalized spacial score (nSPS) is 20.4. The van der Waals surface area contributed by atoms with Crippen molar-refractivity contribution < 1.29 is 47.5 Å². The number of phenolic OH excluding ortho intramolecular Hbond substituents is 1. The Kier molecular flexibility index (Phi) is 9.60. The van der Waals surface area contributed by atoms with E-state index in [1.807, 2.05) is 47.4 Å². The summed E-state index contributed by atoms with van der Waals surface area (Å²) in [4.78, 5) is 52.9. The Morgan fingerprint density at radius 3 is 2.40 bits per heavy atom. The first kappa shape index (κ1) is 34.6. The number of phenols is 1. The Bertz CT molecular complexity index is 2090. The van der Waals surface area contributed by atoms with Crippen molar-refractivity contribution in [1.29, 1.82) is 0 Å². The number of methoxy groups -OCH3 is 2. The molecule has 0 saturated carbocycles. The Hall–Kier alpha value is -5.83. The molecule has 1 aromatic heterocycles. The number of esters is 2. The fourth-order valence-corrected chi connectivity index (χ4v) is 7.30. The lowest BCUT2D eigenvalue weighted by atomic mass is 9.65. The average molecular weight is 718 g/mol. The molecule has 1 fully saturated rings. The van der Waals surface area contributed by atoms with Gasteiger partial charge in [-0.3, -0.25) is 29.3 Å². The maximum absolute atomic E-state index is 13.9. The summed E-state index contributed by atoms with van der Waals surface area (Å²) in [6, 6.07) is 14.9. The first-order valence-electron chi connectivity index (χ1n) is 16.7. The molecule has 3 aliphatic rings. The van der Waals surface area contributed by atoms with Crippen molar-refractivity contribution >= 4 is 11.9 Å². The van der Waals surface area contributed by atoms with Gasteiger partial charge in [0.15, 0.2) is 23.0 Å². The van der Waals surface area contributed by atoms with Gasteiger partial charge in [-0.15, -0.1) is 0 Å². The van der Waals surface area contributed by atoms with E-state index in [2.05, 4.69) is 5.32 Å². The van der Waals surface area contributed by atoms with Crippen molar-refractivity contribution in [3.63, 3.8) is 0 Å². The van der Waals surface area contributed by atoms with Gasteiger partial charge >= 0.3 is 17.6 Å². The molecule has 7 rings (SSSR count). The molecule has 3 heterocycles. The van der Waals surface area contributed by atoms with Gasteiger partial charge in [-0.2, -0.15) is 4.39 Å². The van der Waals surface area contributed by atoms with Gasteiger partial charge in [0.05, 0.1) is 39.5 Å². The summed E-state index contributed by atoms with van der Waals surface area (Å²) in [5.74, 6) is -2.70. The van der Waals surface area contributed by atoms with Crippen LogP contribution in [0.15, 0.2) is 70.4 Å². The number of nitrogens with zero attached hydrogens (tertiary/aromatic N) is 1. The standard InChI is InChI=1S/C37H36FN3O11/c1-47-28-12-20(13-29(48-2)33(28)42)30-21-14-26-27(52-18-51-26)15-22(21)32(23-17-50-36(45)31(23)30)39-25(11-19-7-4-3-5-8-19)35(44)49-10-6-9-41-16-24(38)34(43)40-37(41)46/h3-5,7-8,12-16,23,25,30-32,39,42H,6,9-11,17-18H2,1-2H3,(H,40,43,46)/t23-,25-,30+,31-,32+/m0/s1. The van der Waals surface area contributed by atoms with Crippen LogP contribution >= 0.6 is 0 Å². The number of ether oxygens (including phenoxy) is 6. The van der Waals surface area contributed by atoms with Crippen molar-refractivity contribution in [2.45, 2.75) is 37.4 Å². The fraction of sp³-hybridized carbons (Fsp3) is 0.351. The SMILES string of the molecule is COc1cc([C@@H]2c3cc4c(cc3[C@@H](N[C@@H](Cc3ccccc3)C(=O)OCCCn3cc(F)c(=O)[nH]c3=O)[C@H]3COC(=O)[C@H]23)OCO4)cc(OC)c1O. The van der Waals surface area contributed by atoms with Crippen molar-refractivity contribution in [3.05, 3.63) is 110 Å². The molecule has 272 valence electrons. The molecule has 2 aliphatic heterocycles. The Balaban J connectivity index is 1.23. The van der Waals surface area contributed by atoms with E-state index < -0.39 is 58.8 Å². The summed E-state index contributed by atoms with van der Waals surface area (Å²) in [5, 5.41) is 14.2. The molecule has 5 atom stereocenters. The Labute approximate surface area is 296 Å². The van der Waals surface area contributed by atoms with E-state index in [1.54, 1.807) is 12.1 Å². The van der Waals surface area contributed by atoms with Crippen LogP contribution in [0.3, 0.4) is 0 Å². The largest absolute Gasteiger partial charge is 0.502 e. The van der Waals surface area contributed by atoms with Crippen LogP contribution in [0.25, 0.3) is 0 Å². The van der Waals surface area contributed by atoms with Crippen LogP contribution in [0.2, 0.25) is 0 Å². The number of aromatic amines is 1. The molecule has 3 N–H and O–H groups in total. The van der Waals surface area contributed by atoms with Crippen LogP contribution in [0.4, 0.5) is 4.39 Å². The lowest BCUT2D eigenvalue weighted by Crippen LogP contribution is -2.48. The van der Waals surface area contributed by atoms with E-state index in [9.17, 15) is 28.7 Å². The monoisotopic (exact) mass is 717 g/mol. The molecule has 14 nitrogen and oxygen atoms in total. The minimum Gasteiger partial charge on any atom is -0.502 e. The van der Waals surface area contributed by atoms with Gasteiger partial charge in [0.2, 0.25) is 18.4 Å². The second-order valence-corrected chi connectivity index (χ2v) is 12.7. The number of aryl methyl sites for hydroxylation is 1.